The summed E-state index contributed by atoms with van der Waals surface area (Å²) in [5.74, 6) is -0.171. The van der Waals surface area contributed by atoms with E-state index in [4.69, 9.17) is 9.47 Å². The lowest BCUT2D eigenvalue weighted by Crippen LogP contribution is -2.51. The van der Waals surface area contributed by atoms with E-state index in [1.165, 1.54) is 11.8 Å². The largest absolute Gasteiger partial charge is 0.443 e. The van der Waals surface area contributed by atoms with E-state index in [0.717, 1.165) is 11.1 Å². The summed E-state index contributed by atoms with van der Waals surface area (Å²) in [6.07, 6.45) is -0.0148. The van der Waals surface area contributed by atoms with Crippen LogP contribution < -0.4 is 9.80 Å². The molecule has 2 aromatic rings. The summed E-state index contributed by atoms with van der Waals surface area (Å²) in [5, 5.41) is 4.37. The highest BCUT2D eigenvalue weighted by Gasteiger charge is 2.35. The van der Waals surface area contributed by atoms with Crippen LogP contribution in [-0.2, 0) is 14.3 Å². The van der Waals surface area contributed by atoms with E-state index < -0.39 is 19.1 Å². The highest BCUT2D eigenvalue weighted by Crippen LogP contribution is 2.39. The predicted molar refractivity (Wildman–Crippen MR) is 105 cm³/mol. The van der Waals surface area contributed by atoms with Crippen LogP contribution in [0.4, 0.5) is 25.0 Å². The Labute approximate surface area is 171 Å². The number of rotatable bonds is 4. The van der Waals surface area contributed by atoms with Gasteiger partial charge in [-0.1, -0.05) is 6.07 Å². The van der Waals surface area contributed by atoms with Gasteiger partial charge in [0.15, 0.2) is 6.61 Å². The van der Waals surface area contributed by atoms with Crippen LogP contribution in [-0.4, -0.2) is 60.6 Å². The third-order valence-electron chi connectivity index (χ3n) is 5.24. The number of amides is 2. The van der Waals surface area contributed by atoms with Gasteiger partial charge in [0.25, 0.3) is 6.43 Å². The second kappa shape index (κ2) is 8.02. The number of carbonyl (C=O) groups excluding carboxylic acids is 2. The first-order valence-corrected chi connectivity index (χ1v) is 9.63. The minimum Gasteiger partial charge on any atom is -0.443 e. The Bertz CT molecular complexity index is 960. The number of aromatic nitrogens is 2. The van der Waals surface area contributed by atoms with Gasteiger partial charge in [0.2, 0.25) is 5.91 Å². The van der Waals surface area contributed by atoms with Crippen molar-refractivity contribution in [1.29, 1.82) is 0 Å². The van der Waals surface area contributed by atoms with Crippen LogP contribution in [0.2, 0.25) is 0 Å². The Morgan fingerprint density at radius 1 is 1.27 bits per heavy atom. The fraction of sp³-hybridized carbons (Fsp3) is 0.450. The summed E-state index contributed by atoms with van der Waals surface area (Å²) in [7, 11) is 0. The topological polar surface area (TPSA) is 76.9 Å². The van der Waals surface area contributed by atoms with Gasteiger partial charge in [-0.05, 0) is 24.6 Å². The van der Waals surface area contributed by atoms with E-state index in [-0.39, 0.29) is 24.5 Å². The van der Waals surface area contributed by atoms with Crippen molar-refractivity contribution in [3.05, 3.63) is 30.6 Å². The van der Waals surface area contributed by atoms with Crippen LogP contribution in [0.15, 0.2) is 30.6 Å². The molecule has 3 heterocycles. The molecule has 4 rings (SSSR count). The molecule has 0 N–H and O–H groups in total. The SMILES string of the molecule is CC(=O)N1c2ccc(-c3cnn(C4COC4)c3)cc2N(C(=O)OCC(F)F)CC1C. The van der Waals surface area contributed by atoms with E-state index in [1.54, 1.807) is 30.2 Å². The fourth-order valence-corrected chi connectivity index (χ4v) is 3.73. The van der Waals surface area contributed by atoms with Gasteiger partial charge in [0.1, 0.15) is 0 Å². The normalized spacial score (nSPS) is 18.9. The number of anilines is 2. The average Bonchev–Trinajstić information content (AvgIpc) is 3.12. The maximum Gasteiger partial charge on any atom is 0.414 e. The zero-order chi connectivity index (χ0) is 21.4. The van der Waals surface area contributed by atoms with E-state index in [9.17, 15) is 18.4 Å². The minimum absolute atomic E-state index is 0.136. The van der Waals surface area contributed by atoms with Crippen LogP contribution in [0.25, 0.3) is 11.1 Å². The summed E-state index contributed by atoms with van der Waals surface area (Å²) in [6, 6.07) is 5.21. The molecule has 0 aliphatic carbocycles. The Kier molecular flexibility index (Phi) is 5.42. The van der Waals surface area contributed by atoms with Crippen molar-refractivity contribution in [3.63, 3.8) is 0 Å². The number of alkyl halides is 2. The molecule has 30 heavy (non-hydrogen) atoms. The van der Waals surface area contributed by atoms with Crippen LogP contribution in [0.1, 0.15) is 19.9 Å². The molecule has 0 bridgehead atoms. The van der Waals surface area contributed by atoms with Gasteiger partial charge in [0, 0.05) is 25.2 Å². The summed E-state index contributed by atoms with van der Waals surface area (Å²) in [6.45, 7) is 3.61. The molecule has 1 aromatic heterocycles. The van der Waals surface area contributed by atoms with Gasteiger partial charge in [-0.3, -0.25) is 14.4 Å². The third-order valence-corrected chi connectivity index (χ3v) is 5.24. The van der Waals surface area contributed by atoms with Crippen molar-refractivity contribution < 1.29 is 27.8 Å². The molecule has 10 heteroatoms. The summed E-state index contributed by atoms with van der Waals surface area (Å²) in [5.41, 5.74) is 2.57. The standard InChI is InChI=1S/C20H22F2N4O4/c1-12-7-24(20(28)30-11-19(21)22)18-5-14(3-4-17(18)26(12)13(2)27)15-6-23-25(8-15)16-9-29-10-16/h3-6,8,12,16,19H,7,9-11H2,1-2H3. The lowest BCUT2D eigenvalue weighted by Gasteiger charge is -2.40. The van der Waals surface area contributed by atoms with E-state index >= 15 is 0 Å². The van der Waals surface area contributed by atoms with Crippen molar-refractivity contribution in [1.82, 2.24) is 9.78 Å². The molecule has 0 radical (unpaired) electrons. The second-order valence-electron chi connectivity index (χ2n) is 7.42. The zero-order valence-electron chi connectivity index (χ0n) is 16.6. The number of ether oxygens (including phenoxy) is 2. The molecular weight excluding hydrogens is 398 g/mol. The molecule has 2 aliphatic rings. The van der Waals surface area contributed by atoms with E-state index in [0.29, 0.717) is 24.6 Å². The molecule has 1 atom stereocenters. The zero-order valence-corrected chi connectivity index (χ0v) is 16.6. The van der Waals surface area contributed by atoms with Crippen LogP contribution in [0, 0.1) is 0 Å². The Balaban J connectivity index is 1.70. The molecule has 1 aromatic carbocycles. The van der Waals surface area contributed by atoms with E-state index in [1.807, 2.05) is 16.9 Å². The maximum atomic E-state index is 12.5. The molecule has 2 amide bonds. The molecule has 2 aliphatic heterocycles. The molecule has 1 fully saturated rings. The number of nitrogens with zero attached hydrogens (tertiary/aromatic N) is 4. The Morgan fingerprint density at radius 3 is 2.67 bits per heavy atom. The third kappa shape index (κ3) is 3.74. The van der Waals surface area contributed by atoms with Crippen molar-refractivity contribution in [2.45, 2.75) is 32.4 Å². The number of benzene rings is 1. The van der Waals surface area contributed by atoms with Crippen LogP contribution >= 0.6 is 0 Å². The molecular formula is C20H22F2N4O4. The predicted octanol–water partition coefficient (Wildman–Crippen LogP) is 3.08. The van der Waals surface area contributed by atoms with Gasteiger partial charge in [-0.2, -0.15) is 5.10 Å². The summed E-state index contributed by atoms with van der Waals surface area (Å²) >= 11 is 0. The second-order valence-corrected chi connectivity index (χ2v) is 7.42. The van der Waals surface area contributed by atoms with Crippen molar-refractivity contribution in [2.24, 2.45) is 0 Å². The molecule has 0 saturated carbocycles. The quantitative estimate of drug-likeness (QED) is 0.760. The highest BCUT2D eigenvalue weighted by molar-refractivity contribution is 6.03. The van der Waals surface area contributed by atoms with Crippen molar-refractivity contribution >= 4 is 23.4 Å². The van der Waals surface area contributed by atoms with Gasteiger partial charge in [-0.25, -0.2) is 13.6 Å². The Morgan fingerprint density at radius 2 is 2.03 bits per heavy atom. The number of fused-ring (bicyclic) bond motifs is 1. The average molecular weight is 420 g/mol. The molecule has 1 saturated heterocycles. The van der Waals surface area contributed by atoms with Gasteiger partial charge in [-0.15, -0.1) is 0 Å². The lowest BCUT2D eigenvalue weighted by atomic mass is 10.0. The lowest BCUT2D eigenvalue weighted by molar-refractivity contribution is -0.117. The van der Waals surface area contributed by atoms with Crippen molar-refractivity contribution in [2.75, 3.05) is 36.2 Å². The Hall–Kier alpha value is -3.01. The van der Waals surface area contributed by atoms with E-state index in [2.05, 4.69) is 5.10 Å². The van der Waals surface area contributed by atoms with Crippen molar-refractivity contribution in [3.8, 4) is 11.1 Å². The molecule has 8 nitrogen and oxygen atoms in total. The number of hydrogen-bond donors (Lipinski definition) is 0. The smallest absolute Gasteiger partial charge is 0.414 e. The molecule has 160 valence electrons. The van der Waals surface area contributed by atoms with Gasteiger partial charge >= 0.3 is 6.09 Å². The minimum atomic E-state index is -2.75. The first kappa shape index (κ1) is 20.3. The number of carbonyl (C=O) groups is 2. The maximum absolute atomic E-state index is 12.5. The van der Waals surface area contributed by atoms with Gasteiger partial charge < -0.3 is 14.4 Å². The van der Waals surface area contributed by atoms with Gasteiger partial charge in [0.05, 0.1) is 42.9 Å². The van der Waals surface area contributed by atoms with Crippen LogP contribution in [0.5, 0.6) is 0 Å². The highest BCUT2D eigenvalue weighted by atomic mass is 19.3. The number of halogens is 2. The van der Waals surface area contributed by atoms with Crippen LogP contribution in [0.3, 0.4) is 0 Å². The summed E-state index contributed by atoms with van der Waals surface area (Å²) in [4.78, 5) is 27.6. The monoisotopic (exact) mass is 420 g/mol. The molecule has 0 spiro atoms. The number of hydrogen-bond acceptors (Lipinski definition) is 5. The fourth-order valence-electron chi connectivity index (χ4n) is 3.73. The first-order chi connectivity index (χ1) is 14.3. The summed E-state index contributed by atoms with van der Waals surface area (Å²) < 4.78 is 36.8. The first-order valence-electron chi connectivity index (χ1n) is 9.63. The molecule has 1 unspecified atom stereocenters.